The molecule has 1 aliphatic rings. The van der Waals surface area contributed by atoms with E-state index in [0.29, 0.717) is 23.4 Å². The number of hydrogen-bond donors (Lipinski definition) is 2. The van der Waals surface area contributed by atoms with Crippen LogP contribution in [0.3, 0.4) is 0 Å². The molecule has 6 nitrogen and oxygen atoms in total. The van der Waals surface area contributed by atoms with Crippen molar-refractivity contribution in [2.75, 3.05) is 38.2 Å². The number of anilines is 1. The molecule has 21 heavy (non-hydrogen) atoms. The summed E-state index contributed by atoms with van der Waals surface area (Å²) >= 11 is 0. The van der Waals surface area contributed by atoms with Crippen LogP contribution in [0.5, 0.6) is 5.75 Å². The molecule has 0 aliphatic carbocycles. The van der Waals surface area contributed by atoms with Gasteiger partial charge in [-0.1, -0.05) is 13.8 Å². The summed E-state index contributed by atoms with van der Waals surface area (Å²) in [5.74, 6) is 2.23. The summed E-state index contributed by atoms with van der Waals surface area (Å²) < 4.78 is 5.21. The number of ether oxygens (including phenoxy) is 1. The molecule has 1 aromatic heterocycles. The van der Waals surface area contributed by atoms with E-state index in [1.807, 2.05) is 0 Å². The van der Waals surface area contributed by atoms with Crippen molar-refractivity contribution < 1.29 is 4.74 Å². The Hall–Kier alpha value is -1.56. The Bertz CT molecular complexity index is 501. The molecular formula is C15H26N4O2. The highest BCUT2D eigenvalue weighted by Gasteiger charge is 2.24. The van der Waals surface area contributed by atoms with E-state index in [1.54, 1.807) is 0 Å². The molecule has 1 saturated heterocycles. The standard InChI is InChI=1S/C15H26N4O2/c1-11(2)7-16-8-12-5-4-6-19(9-12)14-13(21-3)15(20)18-10-17-14/h10-12,16H,4-9H2,1-3H3,(H,17,18,20). The Labute approximate surface area is 125 Å². The van der Waals surface area contributed by atoms with Gasteiger partial charge in [0.05, 0.1) is 13.4 Å². The first kappa shape index (κ1) is 15.8. The lowest BCUT2D eigenvalue weighted by Gasteiger charge is -2.34. The van der Waals surface area contributed by atoms with Gasteiger partial charge in [-0.15, -0.1) is 0 Å². The molecular weight excluding hydrogens is 268 g/mol. The highest BCUT2D eigenvalue weighted by atomic mass is 16.5. The molecule has 0 saturated carbocycles. The predicted octanol–water partition coefficient (Wildman–Crippen LogP) is 1.24. The second-order valence-corrected chi connectivity index (χ2v) is 6.09. The molecule has 0 radical (unpaired) electrons. The molecule has 1 aromatic rings. The van der Waals surface area contributed by atoms with E-state index in [0.717, 1.165) is 32.6 Å². The summed E-state index contributed by atoms with van der Waals surface area (Å²) in [5, 5.41) is 3.52. The van der Waals surface area contributed by atoms with Gasteiger partial charge in [-0.2, -0.15) is 0 Å². The van der Waals surface area contributed by atoms with Gasteiger partial charge in [0.1, 0.15) is 0 Å². The maximum atomic E-state index is 11.8. The third-order valence-corrected chi connectivity index (χ3v) is 3.80. The minimum absolute atomic E-state index is 0.220. The Kier molecular flexibility index (Phi) is 5.61. The first-order valence-corrected chi connectivity index (χ1v) is 7.69. The zero-order valence-corrected chi connectivity index (χ0v) is 13.2. The van der Waals surface area contributed by atoms with Gasteiger partial charge in [0.2, 0.25) is 5.75 Å². The summed E-state index contributed by atoms with van der Waals surface area (Å²) in [6.07, 6.45) is 3.78. The van der Waals surface area contributed by atoms with E-state index in [9.17, 15) is 4.79 Å². The Morgan fingerprint density at radius 1 is 1.57 bits per heavy atom. The van der Waals surface area contributed by atoms with Crippen LogP contribution in [0.15, 0.2) is 11.1 Å². The molecule has 1 atom stereocenters. The van der Waals surface area contributed by atoms with Crippen molar-refractivity contribution in [2.45, 2.75) is 26.7 Å². The molecule has 118 valence electrons. The van der Waals surface area contributed by atoms with Crippen LogP contribution in [-0.4, -0.2) is 43.3 Å². The molecule has 2 rings (SSSR count). The monoisotopic (exact) mass is 294 g/mol. The number of H-pyrrole nitrogens is 1. The average Bonchev–Trinajstić information content (AvgIpc) is 2.47. The fourth-order valence-corrected chi connectivity index (χ4v) is 2.79. The first-order valence-electron chi connectivity index (χ1n) is 7.69. The number of methoxy groups -OCH3 is 1. The van der Waals surface area contributed by atoms with Crippen molar-refractivity contribution in [2.24, 2.45) is 11.8 Å². The molecule has 2 N–H and O–H groups in total. The Balaban J connectivity index is 2.01. The first-order chi connectivity index (χ1) is 10.1. The lowest BCUT2D eigenvalue weighted by molar-refractivity contribution is 0.371. The maximum Gasteiger partial charge on any atom is 0.295 e. The maximum absolute atomic E-state index is 11.8. The Morgan fingerprint density at radius 2 is 2.38 bits per heavy atom. The predicted molar refractivity (Wildman–Crippen MR) is 84.1 cm³/mol. The van der Waals surface area contributed by atoms with Gasteiger partial charge < -0.3 is 19.9 Å². The van der Waals surface area contributed by atoms with Crippen molar-refractivity contribution in [1.82, 2.24) is 15.3 Å². The third kappa shape index (κ3) is 4.20. The van der Waals surface area contributed by atoms with Crippen LogP contribution in [0.1, 0.15) is 26.7 Å². The topological polar surface area (TPSA) is 70.2 Å². The summed E-state index contributed by atoms with van der Waals surface area (Å²) in [4.78, 5) is 20.8. The van der Waals surface area contributed by atoms with E-state index in [2.05, 4.69) is 34.0 Å². The fourth-order valence-electron chi connectivity index (χ4n) is 2.79. The van der Waals surface area contributed by atoms with Gasteiger partial charge in [0, 0.05) is 13.1 Å². The molecule has 0 aromatic carbocycles. The number of nitrogens with one attached hydrogen (secondary N) is 2. The quantitative estimate of drug-likeness (QED) is 0.826. The largest absolute Gasteiger partial charge is 0.489 e. The van der Waals surface area contributed by atoms with Gasteiger partial charge in [-0.3, -0.25) is 4.79 Å². The lowest BCUT2D eigenvalue weighted by atomic mass is 9.97. The van der Waals surface area contributed by atoms with Gasteiger partial charge in [0.15, 0.2) is 5.82 Å². The average molecular weight is 294 g/mol. The van der Waals surface area contributed by atoms with Crippen molar-refractivity contribution in [1.29, 1.82) is 0 Å². The normalized spacial score (nSPS) is 19.0. The smallest absolute Gasteiger partial charge is 0.295 e. The molecule has 6 heteroatoms. The fraction of sp³-hybridized carbons (Fsp3) is 0.733. The zero-order valence-electron chi connectivity index (χ0n) is 13.2. The van der Waals surface area contributed by atoms with Crippen molar-refractivity contribution in [3.8, 4) is 5.75 Å². The van der Waals surface area contributed by atoms with Crippen LogP contribution < -0.4 is 20.5 Å². The lowest BCUT2D eigenvalue weighted by Crippen LogP contribution is -2.41. The van der Waals surface area contributed by atoms with Crippen LogP contribution in [0.4, 0.5) is 5.82 Å². The zero-order chi connectivity index (χ0) is 15.2. The van der Waals surface area contributed by atoms with Crippen LogP contribution in [0.25, 0.3) is 0 Å². The number of nitrogens with zero attached hydrogens (tertiary/aromatic N) is 2. The van der Waals surface area contributed by atoms with Crippen LogP contribution in [-0.2, 0) is 0 Å². The molecule has 0 amide bonds. The number of hydrogen-bond acceptors (Lipinski definition) is 5. The van der Waals surface area contributed by atoms with Crippen molar-refractivity contribution >= 4 is 5.82 Å². The number of rotatable bonds is 6. The third-order valence-electron chi connectivity index (χ3n) is 3.80. The second kappa shape index (κ2) is 7.45. The molecule has 1 aliphatic heterocycles. The molecule has 2 heterocycles. The van der Waals surface area contributed by atoms with E-state index in [4.69, 9.17) is 4.74 Å². The number of piperidine rings is 1. The summed E-state index contributed by atoms with van der Waals surface area (Å²) in [7, 11) is 1.52. The van der Waals surface area contributed by atoms with Gasteiger partial charge in [0.25, 0.3) is 5.56 Å². The summed E-state index contributed by atoms with van der Waals surface area (Å²) in [6.45, 7) is 8.32. The van der Waals surface area contributed by atoms with Crippen LogP contribution in [0, 0.1) is 11.8 Å². The van der Waals surface area contributed by atoms with E-state index < -0.39 is 0 Å². The van der Waals surface area contributed by atoms with E-state index >= 15 is 0 Å². The molecule has 0 bridgehead atoms. The minimum atomic E-state index is -0.220. The Morgan fingerprint density at radius 3 is 3.10 bits per heavy atom. The van der Waals surface area contributed by atoms with E-state index in [1.165, 1.54) is 19.9 Å². The van der Waals surface area contributed by atoms with Gasteiger partial charge >= 0.3 is 0 Å². The van der Waals surface area contributed by atoms with Crippen molar-refractivity contribution in [3.05, 3.63) is 16.7 Å². The SMILES string of the molecule is COc1c(N2CCCC(CNCC(C)C)C2)nc[nH]c1=O. The highest BCUT2D eigenvalue weighted by Crippen LogP contribution is 2.26. The number of aromatic amines is 1. The summed E-state index contributed by atoms with van der Waals surface area (Å²) in [6, 6.07) is 0. The van der Waals surface area contributed by atoms with E-state index in [-0.39, 0.29) is 5.56 Å². The van der Waals surface area contributed by atoms with Crippen LogP contribution >= 0.6 is 0 Å². The second-order valence-electron chi connectivity index (χ2n) is 6.09. The molecule has 1 fully saturated rings. The van der Waals surface area contributed by atoms with Crippen molar-refractivity contribution in [3.63, 3.8) is 0 Å². The van der Waals surface area contributed by atoms with Gasteiger partial charge in [-0.25, -0.2) is 4.98 Å². The van der Waals surface area contributed by atoms with Crippen LogP contribution in [0.2, 0.25) is 0 Å². The minimum Gasteiger partial charge on any atom is -0.489 e. The molecule has 0 spiro atoms. The van der Waals surface area contributed by atoms with Gasteiger partial charge in [-0.05, 0) is 37.8 Å². The highest BCUT2D eigenvalue weighted by molar-refractivity contribution is 5.50. The molecule has 1 unspecified atom stereocenters. The number of aromatic nitrogens is 2. The summed E-state index contributed by atoms with van der Waals surface area (Å²) in [5.41, 5.74) is -0.220.